The Hall–Kier alpha value is 0.280. The van der Waals surface area contributed by atoms with Gasteiger partial charge in [0.2, 0.25) is 10.4 Å². The molecule has 0 aromatic carbocycles. The zero-order chi connectivity index (χ0) is 22.5. The van der Waals surface area contributed by atoms with E-state index in [9.17, 15) is 17.8 Å². The van der Waals surface area contributed by atoms with E-state index in [0.29, 0.717) is 25.7 Å². The van der Waals surface area contributed by atoms with Gasteiger partial charge in [-0.2, -0.15) is 0 Å². The molecule has 0 aromatic heterocycles. The van der Waals surface area contributed by atoms with Crippen molar-refractivity contribution in [1.82, 2.24) is 0 Å². The number of rotatable bonds is 2. The van der Waals surface area contributed by atoms with E-state index in [-0.39, 0.29) is 65.1 Å². The van der Waals surface area contributed by atoms with Crippen molar-refractivity contribution in [2.45, 2.75) is 71.2 Å². The van der Waals surface area contributed by atoms with Crippen molar-refractivity contribution >= 4 is 16.2 Å². The Balaban J connectivity index is 0.00000272. The third-order valence-electron chi connectivity index (χ3n) is 7.22. The average molecular weight is 396 g/mol. The molecule has 3 fully saturated rings. The van der Waals surface area contributed by atoms with Crippen LogP contribution in [-0.2, 0) is 19.4 Å². The van der Waals surface area contributed by atoms with Gasteiger partial charge in [0.15, 0.2) is 0 Å². The van der Waals surface area contributed by atoms with Crippen LogP contribution in [0, 0.1) is 28.6 Å². The molecule has 0 aromatic rings. The number of allylic oxidation sites excluding steroid dienone is 1. The van der Waals surface area contributed by atoms with E-state index in [1.807, 2.05) is 6.92 Å². The van der Waals surface area contributed by atoms with Gasteiger partial charge in [-0.25, -0.2) is 8.42 Å². The van der Waals surface area contributed by atoms with Crippen LogP contribution in [0.15, 0.2) is 11.6 Å². The molecule has 0 heterocycles. The fourth-order valence-corrected chi connectivity index (χ4v) is 6.17. The number of carbonyl (C=O) groups is 1. The topological polar surface area (TPSA) is 83.5 Å². The van der Waals surface area contributed by atoms with Gasteiger partial charge in [-0.15, -0.1) is 0 Å². The first-order valence-electron chi connectivity index (χ1n) is 11.4. The van der Waals surface area contributed by atoms with Gasteiger partial charge >= 0.3 is 29.6 Å². The minimum Gasteiger partial charge on any atom is -0.726 e. The molecular formula is C19H27NaO5S. The van der Waals surface area contributed by atoms with E-state index in [0.717, 1.165) is 6.42 Å². The fourth-order valence-electron chi connectivity index (χ4n) is 5.87. The Morgan fingerprint density at radius 2 is 1.96 bits per heavy atom. The van der Waals surface area contributed by atoms with Crippen LogP contribution >= 0.6 is 0 Å². The maximum Gasteiger partial charge on any atom is 1.00 e. The second-order valence-electron chi connectivity index (χ2n) is 8.37. The Labute approximate surface area is 185 Å². The summed E-state index contributed by atoms with van der Waals surface area (Å²) in [6.07, 6.45) is -4.37. The van der Waals surface area contributed by atoms with Crippen LogP contribution in [0.3, 0.4) is 0 Å². The predicted octanol–water partition coefficient (Wildman–Crippen LogP) is 0.368. The molecule has 7 heteroatoms. The summed E-state index contributed by atoms with van der Waals surface area (Å²) < 4.78 is 80.4. The Morgan fingerprint density at radius 3 is 2.65 bits per heavy atom. The normalized spacial score (nSPS) is 54.6. The molecular weight excluding hydrogens is 363 g/mol. The van der Waals surface area contributed by atoms with E-state index in [1.165, 1.54) is 0 Å². The van der Waals surface area contributed by atoms with Crippen molar-refractivity contribution in [1.29, 1.82) is 0 Å². The summed E-state index contributed by atoms with van der Waals surface area (Å²) >= 11 is 0. The van der Waals surface area contributed by atoms with Gasteiger partial charge in [0, 0.05) is 17.3 Å². The van der Waals surface area contributed by atoms with Gasteiger partial charge in [-0.1, -0.05) is 25.5 Å². The summed E-state index contributed by atoms with van der Waals surface area (Å²) in [6.45, 7) is 3.78. The van der Waals surface area contributed by atoms with Crippen LogP contribution < -0.4 is 29.6 Å². The van der Waals surface area contributed by atoms with Gasteiger partial charge in [-0.3, -0.25) is 8.98 Å². The van der Waals surface area contributed by atoms with Crippen LogP contribution in [0.5, 0.6) is 0 Å². The standard InChI is InChI=1S/C19H28O5S.Na/c1-18-9-7-13(24-25(21,22)23)11-12(18)3-4-14-15-5-6-17(20)19(15,2)10-8-16(14)18;/h3,13-16H,4-11H2,1-2H3,(H,21,22,23);/q;+1/p-1/t13-,14-,15-,16-,18-,19-;/m0./s1/i7D2,11D2,13D;. The number of hydrogen-bond donors (Lipinski definition) is 0. The number of fused-ring (bicyclic) bond motifs is 5. The molecule has 0 bridgehead atoms. The number of Topliss-reactive ketones (excluding diaryl/α,β-unsaturated/α-hetero) is 1. The summed E-state index contributed by atoms with van der Waals surface area (Å²) in [6, 6.07) is 0. The fraction of sp³-hybridized carbons (Fsp3) is 0.842. The maximum atomic E-state index is 12.5. The summed E-state index contributed by atoms with van der Waals surface area (Å²) in [5, 5.41) is 0. The first-order valence-corrected chi connectivity index (χ1v) is 10.2. The Bertz CT molecular complexity index is 940. The molecule has 26 heavy (non-hydrogen) atoms. The first kappa shape index (κ1) is 15.2. The third-order valence-corrected chi connectivity index (χ3v) is 7.59. The quantitative estimate of drug-likeness (QED) is 0.292. The predicted molar refractivity (Wildman–Crippen MR) is 91.3 cm³/mol. The second kappa shape index (κ2) is 6.96. The molecule has 0 N–H and O–H groups in total. The third kappa shape index (κ3) is 3.29. The van der Waals surface area contributed by atoms with E-state index in [2.05, 4.69) is 4.18 Å². The molecule has 0 spiro atoms. The van der Waals surface area contributed by atoms with Crippen LogP contribution in [0.4, 0.5) is 0 Å². The first-order chi connectivity index (χ1) is 13.5. The molecule has 4 rings (SSSR count). The van der Waals surface area contributed by atoms with Gasteiger partial charge in [0.05, 0.1) is 7.45 Å². The number of carbonyl (C=O) groups excluding carboxylic acids is 1. The number of hydrogen-bond acceptors (Lipinski definition) is 5. The van der Waals surface area contributed by atoms with Gasteiger partial charge < -0.3 is 4.55 Å². The van der Waals surface area contributed by atoms with Crippen molar-refractivity contribution in [3.63, 3.8) is 0 Å². The zero-order valence-corrected chi connectivity index (χ0v) is 18.3. The number of ketones is 1. The second-order valence-corrected chi connectivity index (χ2v) is 9.35. The molecule has 0 aliphatic heterocycles. The summed E-state index contributed by atoms with van der Waals surface area (Å²) in [7, 11) is -5.51. The van der Waals surface area contributed by atoms with Crippen LogP contribution in [0.1, 0.15) is 72.0 Å². The van der Waals surface area contributed by atoms with Crippen molar-refractivity contribution in [3.8, 4) is 0 Å². The average Bonchev–Trinajstić information content (AvgIpc) is 2.87. The largest absolute Gasteiger partial charge is 1.00 e. The van der Waals surface area contributed by atoms with Crippen LogP contribution in [0.25, 0.3) is 0 Å². The summed E-state index contributed by atoms with van der Waals surface area (Å²) in [5.74, 6) is 0.411. The van der Waals surface area contributed by atoms with Crippen molar-refractivity contribution in [2.75, 3.05) is 0 Å². The monoisotopic (exact) mass is 395 g/mol. The zero-order valence-electron chi connectivity index (χ0n) is 20.5. The molecule has 0 radical (unpaired) electrons. The van der Waals surface area contributed by atoms with E-state index in [1.54, 1.807) is 13.0 Å². The summed E-state index contributed by atoms with van der Waals surface area (Å²) in [5.41, 5.74) is -1.23. The van der Waals surface area contributed by atoms with Gasteiger partial charge in [0.25, 0.3) is 0 Å². The Morgan fingerprint density at radius 1 is 1.27 bits per heavy atom. The maximum absolute atomic E-state index is 12.5. The SMILES string of the molecule is [2H]C1([2H])C[C@@]2(C)C(=CC[C@@H]3[C@@H]2CC[C@]2(C)C(=O)CC[C@@H]32)C([2H])([2H])[C@@]1([2H])OS(=O)(=O)[O-].[Na+]. The van der Waals surface area contributed by atoms with E-state index >= 15 is 0 Å². The molecule has 3 saturated carbocycles. The van der Waals surface area contributed by atoms with Gasteiger partial charge in [0.1, 0.15) is 5.78 Å². The van der Waals surface area contributed by atoms with E-state index < -0.39 is 40.1 Å². The molecule has 140 valence electrons. The van der Waals surface area contributed by atoms with Crippen molar-refractivity contribution < 1.29 is 58.4 Å². The molecule has 0 saturated heterocycles. The van der Waals surface area contributed by atoms with Crippen molar-refractivity contribution in [3.05, 3.63) is 11.6 Å². The molecule has 5 nitrogen and oxygen atoms in total. The van der Waals surface area contributed by atoms with Gasteiger partial charge in [-0.05, 0) is 68.0 Å². The van der Waals surface area contributed by atoms with Crippen molar-refractivity contribution in [2.24, 2.45) is 28.6 Å². The molecule has 4 aliphatic carbocycles. The Kier molecular flexibility index (Phi) is 4.06. The molecule has 0 amide bonds. The molecule has 6 atom stereocenters. The van der Waals surface area contributed by atoms with Crippen LogP contribution in [0.2, 0.25) is 0 Å². The van der Waals surface area contributed by atoms with Crippen LogP contribution in [-0.4, -0.2) is 24.8 Å². The van der Waals surface area contributed by atoms with E-state index in [4.69, 9.17) is 6.85 Å². The minimum atomic E-state index is -5.51. The summed E-state index contributed by atoms with van der Waals surface area (Å²) in [4.78, 5) is 12.5. The smallest absolute Gasteiger partial charge is 0.726 e. The molecule has 4 aliphatic rings. The molecule has 0 unspecified atom stereocenters. The minimum absolute atomic E-state index is 0.